The lowest BCUT2D eigenvalue weighted by molar-refractivity contribution is -0.885. The lowest BCUT2D eigenvalue weighted by atomic mass is 10.3. The van der Waals surface area contributed by atoms with Gasteiger partial charge in [-0.05, 0) is 32.9 Å². The van der Waals surface area contributed by atoms with Gasteiger partial charge in [-0.1, -0.05) is 18.2 Å². The molecule has 3 N–H and O–H groups in total. The molecule has 0 saturated carbocycles. The lowest BCUT2D eigenvalue weighted by Crippen LogP contribution is -3.09. The Bertz CT molecular complexity index is 728. The van der Waals surface area contributed by atoms with Crippen LogP contribution in [0.2, 0.25) is 0 Å². The average Bonchev–Trinajstić information content (AvgIpc) is 2.87. The van der Waals surface area contributed by atoms with Crippen LogP contribution in [0.4, 0.5) is 5.69 Å². The third kappa shape index (κ3) is 5.95. The zero-order valence-electron chi connectivity index (χ0n) is 15.1. The summed E-state index contributed by atoms with van der Waals surface area (Å²) in [5.41, 5.74) is 1.47. The minimum Gasteiger partial charge on any atom is -0.349 e. The Morgan fingerprint density at radius 3 is 2.56 bits per heavy atom. The van der Waals surface area contributed by atoms with E-state index in [4.69, 9.17) is 0 Å². The average molecular weight is 361 g/mol. The highest BCUT2D eigenvalue weighted by Crippen LogP contribution is 2.19. The van der Waals surface area contributed by atoms with E-state index < -0.39 is 0 Å². The molecule has 0 aliphatic heterocycles. The molecular weight excluding hydrogens is 336 g/mol. The highest BCUT2D eigenvalue weighted by atomic mass is 32.1. The first-order valence-electron chi connectivity index (χ1n) is 8.28. The highest BCUT2D eigenvalue weighted by molar-refractivity contribution is 7.13. The molecule has 1 aromatic heterocycles. The maximum atomic E-state index is 12.4. The molecule has 0 aliphatic carbocycles. The van der Waals surface area contributed by atoms with Gasteiger partial charge in [0.1, 0.15) is 16.4 Å². The van der Waals surface area contributed by atoms with Gasteiger partial charge in [0.25, 0.3) is 11.8 Å². The van der Waals surface area contributed by atoms with E-state index in [2.05, 4.69) is 15.6 Å². The molecule has 0 spiro atoms. The smallest absolute Gasteiger partial charge is 0.275 e. The van der Waals surface area contributed by atoms with Gasteiger partial charge in [0.2, 0.25) is 0 Å². The van der Waals surface area contributed by atoms with Crippen LogP contribution >= 0.6 is 11.3 Å². The third-order valence-electron chi connectivity index (χ3n) is 3.44. The van der Waals surface area contributed by atoms with Crippen molar-refractivity contribution in [1.29, 1.82) is 0 Å². The minimum atomic E-state index is -0.150. The molecule has 134 valence electrons. The first kappa shape index (κ1) is 19.1. The van der Waals surface area contributed by atoms with Gasteiger partial charge in [-0.15, -0.1) is 11.3 Å². The number of hydrogen-bond donors (Lipinski definition) is 3. The number of hydrogen-bond acceptors (Lipinski definition) is 4. The topological polar surface area (TPSA) is 75.5 Å². The molecule has 0 aliphatic rings. The molecule has 1 atom stereocenters. The number of quaternary nitrogens is 1. The summed E-state index contributed by atoms with van der Waals surface area (Å²) in [6.07, 6.45) is 0. The molecule has 2 amide bonds. The zero-order valence-corrected chi connectivity index (χ0v) is 15.9. The van der Waals surface area contributed by atoms with Crippen molar-refractivity contribution in [1.82, 2.24) is 10.3 Å². The molecule has 25 heavy (non-hydrogen) atoms. The predicted molar refractivity (Wildman–Crippen MR) is 100.0 cm³/mol. The summed E-state index contributed by atoms with van der Waals surface area (Å²) in [7, 11) is 1.94. The second kappa shape index (κ2) is 8.73. The SMILES string of the molecule is Cc1nc(C[NH+](C)CC(=O)NC(C)C)sc1C(=O)Nc1ccccc1. The van der Waals surface area contributed by atoms with Crippen molar-refractivity contribution in [3.8, 4) is 0 Å². The van der Waals surface area contributed by atoms with Crippen LogP contribution in [0.3, 0.4) is 0 Å². The van der Waals surface area contributed by atoms with Crippen LogP contribution in [0.1, 0.15) is 34.2 Å². The number of aromatic nitrogens is 1. The molecule has 1 unspecified atom stereocenters. The summed E-state index contributed by atoms with van der Waals surface area (Å²) >= 11 is 1.38. The van der Waals surface area contributed by atoms with Crippen molar-refractivity contribution >= 4 is 28.8 Å². The van der Waals surface area contributed by atoms with E-state index in [1.54, 1.807) is 0 Å². The number of nitrogens with one attached hydrogen (secondary N) is 3. The fourth-order valence-electron chi connectivity index (χ4n) is 2.42. The number of thiazole rings is 1. The molecule has 0 fully saturated rings. The molecule has 7 heteroatoms. The first-order valence-corrected chi connectivity index (χ1v) is 9.10. The Morgan fingerprint density at radius 1 is 1.24 bits per heavy atom. The second-order valence-electron chi connectivity index (χ2n) is 6.38. The van der Waals surface area contributed by atoms with Gasteiger partial charge in [-0.3, -0.25) is 9.59 Å². The van der Waals surface area contributed by atoms with Crippen LogP contribution in [0, 0.1) is 6.92 Å². The van der Waals surface area contributed by atoms with Crippen molar-refractivity contribution < 1.29 is 14.5 Å². The van der Waals surface area contributed by atoms with Crippen LogP contribution < -0.4 is 15.5 Å². The quantitative estimate of drug-likeness (QED) is 0.695. The van der Waals surface area contributed by atoms with Gasteiger partial charge >= 0.3 is 0 Å². The number of likely N-dealkylation sites (N-methyl/N-ethyl adjacent to an activating group) is 1. The normalized spacial score (nSPS) is 12.0. The Kier molecular flexibility index (Phi) is 6.66. The summed E-state index contributed by atoms with van der Waals surface area (Å²) in [5, 5.41) is 6.61. The molecule has 2 rings (SSSR count). The molecule has 0 saturated heterocycles. The maximum absolute atomic E-state index is 12.4. The standard InChI is InChI=1S/C18H24N4O2S/c1-12(2)19-15(23)10-22(4)11-16-20-13(3)17(25-16)18(24)21-14-8-6-5-7-9-14/h5-9,12H,10-11H2,1-4H3,(H,19,23)(H,21,24)/p+1. The monoisotopic (exact) mass is 361 g/mol. The second-order valence-corrected chi connectivity index (χ2v) is 7.46. The number of aryl methyl sites for hydroxylation is 1. The molecule has 6 nitrogen and oxygen atoms in total. The largest absolute Gasteiger partial charge is 0.349 e. The first-order chi connectivity index (χ1) is 11.8. The number of carbonyl (C=O) groups excluding carboxylic acids is 2. The van der Waals surface area contributed by atoms with E-state index in [1.807, 2.05) is 58.2 Å². The summed E-state index contributed by atoms with van der Waals surface area (Å²) in [4.78, 5) is 30.4. The number of rotatable bonds is 7. The van der Waals surface area contributed by atoms with Gasteiger partial charge in [0.15, 0.2) is 6.54 Å². The summed E-state index contributed by atoms with van der Waals surface area (Å²) in [5.74, 6) is -0.134. The lowest BCUT2D eigenvalue weighted by Gasteiger charge is -2.13. The number of benzene rings is 1. The van der Waals surface area contributed by atoms with Crippen molar-refractivity contribution in [3.05, 3.63) is 45.9 Å². The van der Waals surface area contributed by atoms with E-state index in [0.717, 1.165) is 15.6 Å². The number of para-hydroxylation sites is 1. The molecule has 2 aromatic rings. The third-order valence-corrected chi connectivity index (χ3v) is 4.60. The molecule has 0 radical (unpaired) electrons. The predicted octanol–water partition coefficient (Wildman–Crippen LogP) is 1.24. The molecule has 0 bridgehead atoms. The van der Waals surface area contributed by atoms with Gasteiger partial charge in [0, 0.05) is 11.7 Å². The van der Waals surface area contributed by atoms with E-state index in [1.165, 1.54) is 11.3 Å². The summed E-state index contributed by atoms with van der Waals surface area (Å²) < 4.78 is 0. The Hall–Kier alpha value is -2.25. The van der Waals surface area contributed by atoms with Crippen LogP contribution in [0.15, 0.2) is 30.3 Å². The summed E-state index contributed by atoms with van der Waals surface area (Å²) in [6, 6.07) is 9.48. The van der Waals surface area contributed by atoms with Crippen LogP contribution in [0.5, 0.6) is 0 Å². The molecular formula is C18H25N4O2S+. The highest BCUT2D eigenvalue weighted by Gasteiger charge is 2.18. The van der Waals surface area contributed by atoms with Crippen LogP contribution in [0.25, 0.3) is 0 Å². The van der Waals surface area contributed by atoms with E-state index in [9.17, 15) is 9.59 Å². The van der Waals surface area contributed by atoms with E-state index >= 15 is 0 Å². The van der Waals surface area contributed by atoms with Gasteiger partial charge in [0.05, 0.1) is 12.7 Å². The van der Waals surface area contributed by atoms with Gasteiger partial charge in [-0.2, -0.15) is 0 Å². The van der Waals surface area contributed by atoms with Crippen molar-refractivity contribution in [2.45, 2.75) is 33.4 Å². The summed E-state index contributed by atoms with van der Waals surface area (Å²) in [6.45, 7) is 6.70. The maximum Gasteiger partial charge on any atom is 0.275 e. The molecule has 1 aromatic carbocycles. The van der Waals surface area contributed by atoms with Gasteiger partial charge < -0.3 is 15.5 Å². The fraction of sp³-hybridized carbons (Fsp3) is 0.389. The van der Waals surface area contributed by atoms with Crippen LogP contribution in [-0.2, 0) is 11.3 Å². The zero-order chi connectivity index (χ0) is 18.4. The number of carbonyl (C=O) groups is 2. The Labute approximate surface area is 152 Å². The fourth-order valence-corrected chi connectivity index (χ4v) is 3.49. The minimum absolute atomic E-state index is 0.0165. The Balaban J connectivity index is 1.97. The van der Waals surface area contributed by atoms with Gasteiger partial charge in [-0.25, -0.2) is 4.98 Å². The van der Waals surface area contributed by atoms with Crippen molar-refractivity contribution in [2.75, 3.05) is 18.9 Å². The van der Waals surface area contributed by atoms with Crippen molar-refractivity contribution in [2.24, 2.45) is 0 Å². The van der Waals surface area contributed by atoms with Crippen LogP contribution in [-0.4, -0.2) is 36.4 Å². The Morgan fingerprint density at radius 2 is 1.92 bits per heavy atom. The molecule has 1 heterocycles. The number of nitrogens with zero attached hydrogens (tertiary/aromatic N) is 1. The van der Waals surface area contributed by atoms with Crippen molar-refractivity contribution in [3.63, 3.8) is 0 Å². The van der Waals surface area contributed by atoms with E-state index in [0.29, 0.717) is 23.7 Å². The van der Waals surface area contributed by atoms with E-state index in [-0.39, 0.29) is 17.9 Å². The number of anilines is 1. The number of amides is 2.